The van der Waals surface area contributed by atoms with Crippen LogP contribution in [-0.4, -0.2) is 29.9 Å². The van der Waals surface area contributed by atoms with Crippen LogP contribution in [0, 0.1) is 23.6 Å². The van der Waals surface area contributed by atoms with Crippen LogP contribution in [0.25, 0.3) is 0 Å². The molecule has 0 spiro atoms. The first kappa shape index (κ1) is 18.2. The summed E-state index contributed by atoms with van der Waals surface area (Å²) in [6.07, 6.45) is 3.77. The summed E-state index contributed by atoms with van der Waals surface area (Å²) in [5, 5.41) is 0. The van der Waals surface area contributed by atoms with E-state index in [1.165, 1.54) is 6.07 Å². The molecule has 4 atom stereocenters. The molecule has 1 aliphatic carbocycles. The molecule has 0 radical (unpaired) electrons. The number of nitrogens with zero attached hydrogens (tertiary/aromatic N) is 1. The summed E-state index contributed by atoms with van der Waals surface area (Å²) in [5.74, 6) is 1.11. The molecule has 1 saturated heterocycles. The van der Waals surface area contributed by atoms with Crippen molar-refractivity contribution >= 4 is 18.3 Å². The zero-order chi connectivity index (χ0) is 15.7. The van der Waals surface area contributed by atoms with Gasteiger partial charge in [-0.25, -0.2) is 4.39 Å². The fourth-order valence-corrected chi connectivity index (χ4v) is 4.00. The van der Waals surface area contributed by atoms with Crippen LogP contribution in [0.15, 0.2) is 24.3 Å². The number of fused-ring (bicyclic) bond motifs is 1. The van der Waals surface area contributed by atoms with Crippen molar-refractivity contribution < 1.29 is 9.18 Å². The number of likely N-dealkylation sites (tertiary alicyclic amines) is 1. The molecule has 2 fully saturated rings. The zero-order valence-corrected chi connectivity index (χ0v) is 14.4. The van der Waals surface area contributed by atoms with E-state index in [1.54, 1.807) is 12.1 Å². The van der Waals surface area contributed by atoms with Crippen LogP contribution in [0.2, 0.25) is 0 Å². The quantitative estimate of drug-likeness (QED) is 0.915. The molecule has 1 amide bonds. The van der Waals surface area contributed by atoms with Crippen LogP contribution in [0.5, 0.6) is 0 Å². The highest BCUT2D eigenvalue weighted by Crippen LogP contribution is 2.37. The third-order valence-electron chi connectivity index (χ3n) is 5.40. The van der Waals surface area contributed by atoms with Crippen molar-refractivity contribution in [2.24, 2.45) is 23.5 Å². The predicted octanol–water partition coefficient (Wildman–Crippen LogP) is 3.01. The second kappa shape index (κ2) is 7.63. The lowest BCUT2D eigenvalue weighted by molar-refractivity contribution is -0.134. The Morgan fingerprint density at radius 3 is 2.87 bits per heavy atom. The first-order chi connectivity index (χ1) is 10.5. The Bertz CT molecular complexity index is 554. The molecule has 23 heavy (non-hydrogen) atoms. The molecule has 5 heteroatoms. The van der Waals surface area contributed by atoms with Crippen LogP contribution >= 0.6 is 12.4 Å². The predicted molar refractivity (Wildman–Crippen MR) is 91.9 cm³/mol. The van der Waals surface area contributed by atoms with E-state index in [9.17, 15) is 9.18 Å². The van der Waals surface area contributed by atoms with E-state index in [-0.39, 0.29) is 36.1 Å². The van der Waals surface area contributed by atoms with E-state index >= 15 is 0 Å². The van der Waals surface area contributed by atoms with E-state index in [1.807, 2.05) is 17.9 Å². The van der Waals surface area contributed by atoms with Gasteiger partial charge in [-0.1, -0.05) is 19.1 Å². The van der Waals surface area contributed by atoms with Crippen molar-refractivity contribution in [2.75, 3.05) is 13.1 Å². The van der Waals surface area contributed by atoms with E-state index in [4.69, 9.17) is 5.73 Å². The second-order valence-corrected chi connectivity index (χ2v) is 6.98. The summed E-state index contributed by atoms with van der Waals surface area (Å²) >= 11 is 0. The monoisotopic (exact) mass is 340 g/mol. The summed E-state index contributed by atoms with van der Waals surface area (Å²) < 4.78 is 13.2. The van der Waals surface area contributed by atoms with Crippen LogP contribution in [0.1, 0.15) is 31.7 Å². The third-order valence-corrected chi connectivity index (χ3v) is 5.40. The highest BCUT2D eigenvalue weighted by atomic mass is 35.5. The third kappa shape index (κ3) is 4.04. The molecular weight excluding hydrogens is 315 g/mol. The SMILES string of the molecule is CC(CCc1cccc(F)c1)C(=O)N1CC2CCC(N)C2C1.Cl. The summed E-state index contributed by atoms with van der Waals surface area (Å²) in [6, 6.07) is 6.91. The number of halogens is 2. The molecule has 2 N–H and O–H groups in total. The topological polar surface area (TPSA) is 46.3 Å². The number of nitrogens with two attached hydrogens (primary N) is 1. The first-order valence-electron chi connectivity index (χ1n) is 8.33. The molecule has 0 bridgehead atoms. The summed E-state index contributed by atoms with van der Waals surface area (Å²) in [7, 11) is 0. The van der Waals surface area contributed by atoms with Gasteiger partial charge < -0.3 is 10.6 Å². The van der Waals surface area contributed by atoms with Gasteiger partial charge in [0.25, 0.3) is 0 Å². The van der Waals surface area contributed by atoms with Gasteiger partial charge in [-0.05, 0) is 55.2 Å². The van der Waals surface area contributed by atoms with E-state index in [0.29, 0.717) is 11.8 Å². The molecule has 2 aliphatic rings. The van der Waals surface area contributed by atoms with Crippen molar-refractivity contribution in [2.45, 2.75) is 38.6 Å². The fourth-order valence-electron chi connectivity index (χ4n) is 4.00. The number of hydrogen-bond donors (Lipinski definition) is 1. The van der Waals surface area contributed by atoms with E-state index in [2.05, 4.69) is 0 Å². The van der Waals surface area contributed by atoms with Crippen LogP contribution in [-0.2, 0) is 11.2 Å². The number of carbonyl (C=O) groups excluding carboxylic acids is 1. The lowest BCUT2D eigenvalue weighted by Crippen LogP contribution is -2.36. The largest absolute Gasteiger partial charge is 0.342 e. The average molecular weight is 341 g/mol. The van der Waals surface area contributed by atoms with E-state index in [0.717, 1.165) is 44.3 Å². The second-order valence-electron chi connectivity index (χ2n) is 6.98. The molecule has 1 aromatic rings. The minimum Gasteiger partial charge on any atom is -0.342 e. The summed E-state index contributed by atoms with van der Waals surface area (Å²) in [6.45, 7) is 3.69. The van der Waals surface area contributed by atoms with Gasteiger partial charge in [-0.2, -0.15) is 0 Å². The van der Waals surface area contributed by atoms with Crippen LogP contribution in [0.3, 0.4) is 0 Å². The highest BCUT2D eigenvalue weighted by Gasteiger charge is 2.42. The Morgan fingerprint density at radius 2 is 2.17 bits per heavy atom. The summed E-state index contributed by atoms with van der Waals surface area (Å²) in [5.41, 5.74) is 7.09. The van der Waals surface area contributed by atoms with Gasteiger partial charge in [0.15, 0.2) is 0 Å². The Kier molecular flexibility index (Phi) is 6.04. The Balaban J connectivity index is 0.00000192. The normalized spacial score (nSPS) is 27.4. The number of rotatable bonds is 4. The Labute approximate surface area is 143 Å². The first-order valence-corrected chi connectivity index (χ1v) is 8.33. The van der Waals surface area contributed by atoms with Crippen LogP contribution < -0.4 is 5.73 Å². The van der Waals surface area contributed by atoms with Gasteiger partial charge in [-0.15, -0.1) is 12.4 Å². The van der Waals surface area contributed by atoms with Crippen LogP contribution in [0.4, 0.5) is 4.39 Å². The number of benzene rings is 1. The maximum atomic E-state index is 13.2. The average Bonchev–Trinajstić information content (AvgIpc) is 3.07. The Morgan fingerprint density at radius 1 is 1.39 bits per heavy atom. The minimum absolute atomic E-state index is 0. The van der Waals surface area contributed by atoms with E-state index < -0.39 is 0 Å². The summed E-state index contributed by atoms with van der Waals surface area (Å²) in [4.78, 5) is 14.6. The molecule has 1 saturated carbocycles. The van der Waals surface area contributed by atoms with Gasteiger partial charge in [0, 0.05) is 25.0 Å². The molecule has 0 aromatic heterocycles. The highest BCUT2D eigenvalue weighted by molar-refractivity contribution is 5.85. The molecule has 1 aliphatic heterocycles. The van der Waals surface area contributed by atoms with Crippen molar-refractivity contribution in [3.05, 3.63) is 35.6 Å². The minimum atomic E-state index is -0.210. The zero-order valence-electron chi connectivity index (χ0n) is 13.6. The van der Waals surface area contributed by atoms with Gasteiger partial charge in [-0.3, -0.25) is 4.79 Å². The van der Waals surface area contributed by atoms with Crippen molar-refractivity contribution in [3.63, 3.8) is 0 Å². The molecular formula is C18H26ClFN2O. The maximum Gasteiger partial charge on any atom is 0.225 e. The van der Waals surface area contributed by atoms with Crippen molar-refractivity contribution in [3.8, 4) is 0 Å². The number of hydrogen-bond acceptors (Lipinski definition) is 2. The molecule has 1 aromatic carbocycles. The lowest BCUT2D eigenvalue weighted by Gasteiger charge is -2.22. The molecule has 4 unspecified atom stereocenters. The van der Waals surface area contributed by atoms with Crippen molar-refractivity contribution in [1.82, 2.24) is 4.90 Å². The maximum absolute atomic E-state index is 13.2. The fraction of sp³-hybridized carbons (Fsp3) is 0.611. The van der Waals surface area contributed by atoms with Gasteiger partial charge in [0.2, 0.25) is 5.91 Å². The van der Waals surface area contributed by atoms with Gasteiger partial charge in [0.05, 0.1) is 0 Å². The smallest absolute Gasteiger partial charge is 0.225 e. The molecule has 1 heterocycles. The molecule has 3 rings (SSSR count). The standard InChI is InChI=1S/C18H25FN2O.ClH/c1-12(5-6-13-3-2-4-15(19)9-13)18(22)21-10-14-7-8-17(20)16(14)11-21;/h2-4,9,12,14,16-17H,5-8,10-11,20H2,1H3;1H. The number of amides is 1. The number of carbonyl (C=O) groups is 1. The van der Waals surface area contributed by atoms with Gasteiger partial charge >= 0.3 is 0 Å². The molecule has 3 nitrogen and oxygen atoms in total. The van der Waals surface area contributed by atoms with Crippen molar-refractivity contribution in [1.29, 1.82) is 0 Å². The lowest BCUT2D eigenvalue weighted by atomic mass is 9.98. The number of aryl methyl sites for hydroxylation is 1. The van der Waals surface area contributed by atoms with Gasteiger partial charge in [0.1, 0.15) is 5.82 Å². The Hall–Kier alpha value is -1.13. The molecule has 128 valence electrons.